The molecular formula is C20H23N7O5. The molecule has 0 aliphatic carbocycles. The summed E-state index contributed by atoms with van der Waals surface area (Å²) < 4.78 is 12.4. The van der Waals surface area contributed by atoms with Gasteiger partial charge in [0.25, 0.3) is 5.91 Å². The van der Waals surface area contributed by atoms with E-state index in [0.717, 1.165) is 0 Å². The Morgan fingerprint density at radius 2 is 2.03 bits per heavy atom. The molecule has 1 atom stereocenters. The van der Waals surface area contributed by atoms with Crippen LogP contribution in [0, 0.1) is 0 Å². The maximum absolute atomic E-state index is 13.2. The molecule has 0 aromatic carbocycles. The van der Waals surface area contributed by atoms with E-state index in [4.69, 9.17) is 9.47 Å². The Kier molecular flexibility index (Phi) is 5.41. The smallest absolute Gasteiger partial charge is 0.333 e. The molecule has 2 fully saturated rings. The summed E-state index contributed by atoms with van der Waals surface area (Å²) in [4.78, 5) is 32.6. The van der Waals surface area contributed by atoms with Gasteiger partial charge in [-0.25, -0.2) is 9.78 Å². The number of β-amino-alcohol motifs (C(OH)–C–C–N with tert-alkyl or cyclic N) is 1. The average molecular weight is 441 g/mol. The SMILES string of the molecule is O=C1C=C(N2CCOC3(CCN(CC(O)c4ccc(-n5cnnn5)nc4)CC3)C2=O)CO1. The van der Waals surface area contributed by atoms with Crippen LogP contribution in [0.25, 0.3) is 5.82 Å². The van der Waals surface area contributed by atoms with Gasteiger partial charge in [0.2, 0.25) is 0 Å². The van der Waals surface area contributed by atoms with Gasteiger partial charge >= 0.3 is 5.97 Å². The quantitative estimate of drug-likeness (QED) is 0.589. The van der Waals surface area contributed by atoms with Crippen LogP contribution in [0.1, 0.15) is 24.5 Å². The predicted octanol–water partition coefficient (Wildman–Crippen LogP) is -0.775. The second kappa shape index (κ2) is 8.37. The molecule has 0 radical (unpaired) electrons. The van der Waals surface area contributed by atoms with E-state index in [-0.39, 0.29) is 12.5 Å². The number of aromatic nitrogens is 5. The minimum atomic E-state index is -0.888. The molecule has 32 heavy (non-hydrogen) atoms. The summed E-state index contributed by atoms with van der Waals surface area (Å²) in [5.41, 5.74) is 0.399. The number of aliphatic hydroxyl groups excluding tert-OH is 1. The van der Waals surface area contributed by atoms with Crippen molar-refractivity contribution < 1.29 is 24.2 Å². The van der Waals surface area contributed by atoms with E-state index in [9.17, 15) is 14.7 Å². The van der Waals surface area contributed by atoms with Gasteiger partial charge in [0.1, 0.15) is 18.5 Å². The summed E-state index contributed by atoms with van der Waals surface area (Å²) in [6, 6.07) is 3.54. The Hall–Kier alpha value is -3.22. The molecule has 168 valence electrons. The Balaban J connectivity index is 1.19. The third-order valence-electron chi connectivity index (χ3n) is 6.16. The van der Waals surface area contributed by atoms with Gasteiger partial charge in [-0.05, 0) is 29.3 Å². The van der Waals surface area contributed by atoms with Crippen molar-refractivity contribution in [3.63, 3.8) is 0 Å². The maximum atomic E-state index is 13.2. The maximum Gasteiger partial charge on any atom is 0.333 e. The van der Waals surface area contributed by atoms with Crippen molar-refractivity contribution in [3.05, 3.63) is 42.0 Å². The predicted molar refractivity (Wildman–Crippen MR) is 107 cm³/mol. The van der Waals surface area contributed by atoms with Crippen LogP contribution in [0.15, 0.2) is 36.4 Å². The number of rotatable bonds is 5. The van der Waals surface area contributed by atoms with Crippen molar-refractivity contribution >= 4 is 11.9 Å². The number of hydrogen-bond donors (Lipinski definition) is 1. The number of cyclic esters (lactones) is 1. The molecule has 0 bridgehead atoms. The molecule has 12 heteroatoms. The zero-order valence-electron chi connectivity index (χ0n) is 17.3. The van der Waals surface area contributed by atoms with E-state index in [1.807, 2.05) is 0 Å². The van der Waals surface area contributed by atoms with Crippen LogP contribution < -0.4 is 0 Å². The second-order valence-electron chi connectivity index (χ2n) is 8.06. The van der Waals surface area contributed by atoms with Crippen LogP contribution in [0.5, 0.6) is 0 Å². The first-order valence-electron chi connectivity index (χ1n) is 10.5. The van der Waals surface area contributed by atoms with Crippen LogP contribution in [0.4, 0.5) is 0 Å². The van der Waals surface area contributed by atoms with Gasteiger partial charge in [-0.3, -0.25) is 4.79 Å². The molecule has 2 saturated heterocycles. The van der Waals surface area contributed by atoms with Crippen molar-refractivity contribution in [2.45, 2.75) is 24.5 Å². The summed E-state index contributed by atoms with van der Waals surface area (Å²) in [7, 11) is 0. The molecule has 12 nitrogen and oxygen atoms in total. The van der Waals surface area contributed by atoms with Crippen LogP contribution in [-0.4, -0.2) is 97.0 Å². The normalized spacial score (nSPS) is 22.2. The summed E-state index contributed by atoms with van der Waals surface area (Å²) in [6.45, 7) is 2.60. The molecule has 5 heterocycles. The molecule has 3 aliphatic heterocycles. The number of nitrogens with zero attached hydrogens (tertiary/aromatic N) is 7. The van der Waals surface area contributed by atoms with Crippen LogP contribution in [0.3, 0.4) is 0 Å². The number of ether oxygens (including phenoxy) is 2. The second-order valence-corrected chi connectivity index (χ2v) is 8.06. The first-order chi connectivity index (χ1) is 15.5. The van der Waals surface area contributed by atoms with Gasteiger partial charge in [-0.15, -0.1) is 5.10 Å². The number of carbonyl (C=O) groups excluding carboxylic acids is 2. The number of esters is 1. The van der Waals surface area contributed by atoms with Gasteiger partial charge in [0.05, 0.1) is 18.4 Å². The van der Waals surface area contributed by atoms with Gasteiger partial charge in [0.15, 0.2) is 5.82 Å². The van der Waals surface area contributed by atoms with Crippen molar-refractivity contribution in [1.29, 1.82) is 0 Å². The van der Waals surface area contributed by atoms with E-state index in [1.54, 1.807) is 23.2 Å². The minimum Gasteiger partial charge on any atom is -0.456 e. The number of piperidine rings is 1. The lowest BCUT2D eigenvalue weighted by molar-refractivity contribution is -0.177. The molecule has 2 aromatic heterocycles. The molecule has 1 unspecified atom stereocenters. The molecule has 1 amide bonds. The summed E-state index contributed by atoms with van der Waals surface area (Å²) in [6.07, 6.45) is 4.76. The van der Waals surface area contributed by atoms with Crippen molar-refractivity contribution in [2.24, 2.45) is 0 Å². The lowest BCUT2D eigenvalue weighted by Gasteiger charge is -2.46. The molecular weight excluding hydrogens is 418 g/mol. The third-order valence-corrected chi connectivity index (χ3v) is 6.16. The Bertz CT molecular complexity index is 1020. The zero-order chi connectivity index (χ0) is 22.1. The first kappa shape index (κ1) is 20.7. The van der Waals surface area contributed by atoms with E-state index >= 15 is 0 Å². The largest absolute Gasteiger partial charge is 0.456 e. The average Bonchev–Trinajstić information content (AvgIpc) is 3.50. The molecule has 5 rings (SSSR count). The fourth-order valence-electron chi connectivity index (χ4n) is 4.34. The van der Waals surface area contributed by atoms with Gasteiger partial charge in [-0.2, -0.15) is 4.68 Å². The van der Waals surface area contributed by atoms with E-state index < -0.39 is 17.7 Å². The van der Waals surface area contributed by atoms with Crippen molar-refractivity contribution in [3.8, 4) is 5.82 Å². The highest BCUT2D eigenvalue weighted by Crippen LogP contribution is 2.34. The summed E-state index contributed by atoms with van der Waals surface area (Å²) >= 11 is 0. The molecule has 3 aliphatic rings. The Labute approximate surface area is 183 Å². The molecule has 1 N–H and O–H groups in total. The van der Waals surface area contributed by atoms with Gasteiger partial charge in [0, 0.05) is 44.0 Å². The van der Waals surface area contributed by atoms with Crippen molar-refractivity contribution in [2.75, 3.05) is 39.4 Å². The third kappa shape index (κ3) is 3.87. The molecule has 1 spiro atoms. The van der Waals surface area contributed by atoms with Crippen LogP contribution in [0.2, 0.25) is 0 Å². The van der Waals surface area contributed by atoms with Gasteiger partial charge < -0.3 is 24.4 Å². The minimum absolute atomic E-state index is 0.115. The van der Waals surface area contributed by atoms with Gasteiger partial charge in [-0.1, -0.05) is 6.07 Å². The number of morpholine rings is 1. The Morgan fingerprint density at radius 1 is 1.19 bits per heavy atom. The monoisotopic (exact) mass is 441 g/mol. The fraction of sp³-hybridized carbons (Fsp3) is 0.500. The number of likely N-dealkylation sites (tertiary alicyclic amines) is 1. The number of pyridine rings is 1. The highest BCUT2D eigenvalue weighted by molar-refractivity contribution is 5.91. The number of amides is 1. The highest BCUT2D eigenvalue weighted by atomic mass is 16.5. The lowest BCUT2D eigenvalue weighted by atomic mass is 9.88. The van der Waals surface area contributed by atoms with E-state index in [2.05, 4.69) is 25.4 Å². The number of aliphatic hydroxyl groups is 1. The van der Waals surface area contributed by atoms with Crippen LogP contribution in [-0.2, 0) is 19.1 Å². The summed E-state index contributed by atoms with van der Waals surface area (Å²) in [5.74, 6) is 0.0290. The Morgan fingerprint density at radius 3 is 2.69 bits per heavy atom. The zero-order valence-corrected chi connectivity index (χ0v) is 17.3. The van der Waals surface area contributed by atoms with E-state index in [0.29, 0.717) is 62.7 Å². The highest BCUT2D eigenvalue weighted by Gasteiger charge is 2.48. The number of carbonyl (C=O) groups is 2. The van der Waals surface area contributed by atoms with Crippen LogP contribution >= 0.6 is 0 Å². The number of hydrogen-bond acceptors (Lipinski definition) is 10. The lowest BCUT2D eigenvalue weighted by Crippen LogP contribution is -2.60. The van der Waals surface area contributed by atoms with E-state index in [1.165, 1.54) is 17.1 Å². The van der Waals surface area contributed by atoms with Crippen molar-refractivity contribution in [1.82, 2.24) is 35.0 Å². The molecule has 0 saturated carbocycles. The standard InChI is InChI=1S/C20H23N7O5/c28-16(14-1-2-17(21-10-14)27-13-22-23-24-27)11-25-5-3-20(4-6-25)19(30)26(7-8-32-20)15-9-18(29)31-12-15/h1-2,9-10,13,16,28H,3-8,11-12H2. The molecule has 2 aromatic rings. The topological polar surface area (TPSA) is 136 Å². The summed E-state index contributed by atoms with van der Waals surface area (Å²) in [5, 5.41) is 21.6. The first-order valence-corrected chi connectivity index (χ1v) is 10.5. The fourth-order valence-corrected chi connectivity index (χ4v) is 4.34. The number of tetrazole rings is 1.